The number of hydrogen-bond acceptors (Lipinski definition) is 5. The highest BCUT2D eigenvalue weighted by Crippen LogP contribution is 2.27. The Kier molecular flexibility index (Phi) is 4.21. The Morgan fingerprint density at radius 1 is 1.16 bits per heavy atom. The number of fused-ring (bicyclic) bond motifs is 2. The molecule has 0 saturated heterocycles. The molecule has 25 heavy (non-hydrogen) atoms. The highest BCUT2D eigenvalue weighted by molar-refractivity contribution is 7.98. The number of aromatic nitrogens is 3. The third-order valence-corrected chi connectivity index (χ3v) is 5.25. The molecule has 2 aromatic heterocycles. The van der Waals surface area contributed by atoms with Gasteiger partial charge in [-0.2, -0.15) is 0 Å². The van der Waals surface area contributed by atoms with E-state index in [4.69, 9.17) is 9.72 Å². The van der Waals surface area contributed by atoms with Gasteiger partial charge in [-0.05, 0) is 55.7 Å². The van der Waals surface area contributed by atoms with Gasteiger partial charge in [0.1, 0.15) is 5.75 Å². The first-order valence-corrected chi connectivity index (χ1v) is 9.58. The molecule has 5 nitrogen and oxygen atoms in total. The number of methoxy groups -OCH3 is 1. The van der Waals surface area contributed by atoms with Gasteiger partial charge in [0.2, 0.25) is 0 Å². The zero-order chi connectivity index (χ0) is 17.4. The molecule has 4 rings (SSSR count). The van der Waals surface area contributed by atoms with Crippen LogP contribution in [-0.4, -0.2) is 27.9 Å². The van der Waals surface area contributed by atoms with E-state index in [0.717, 1.165) is 31.4 Å². The molecule has 1 aliphatic rings. The molecule has 0 unspecified atom stereocenters. The van der Waals surface area contributed by atoms with Crippen LogP contribution in [0.1, 0.15) is 24.1 Å². The highest BCUT2D eigenvalue weighted by atomic mass is 32.2. The fourth-order valence-electron chi connectivity index (χ4n) is 3.38. The number of hydrogen-bond donors (Lipinski definition) is 0. The number of benzene rings is 1. The quantitative estimate of drug-likeness (QED) is 0.534. The topological polar surface area (TPSA) is 57.0 Å². The molecule has 128 valence electrons. The fourth-order valence-corrected chi connectivity index (χ4v) is 3.92. The van der Waals surface area contributed by atoms with Crippen LogP contribution in [0, 0.1) is 0 Å². The van der Waals surface area contributed by atoms with Gasteiger partial charge in [-0.3, -0.25) is 9.36 Å². The summed E-state index contributed by atoms with van der Waals surface area (Å²) in [5, 5.41) is 1.19. The number of para-hydroxylation sites is 2. The van der Waals surface area contributed by atoms with Crippen LogP contribution in [0.5, 0.6) is 5.75 Å². The van der Waals surface area contributed by atoms with Gasteiger partial charge in [0.15, 0.2) is 10.8 Å². The third-order valence-electron chi connectivity index (χ3n) is 4.62. The molecule has 0 bridgehead atoms. The standard InChI is InChI=1S/C19H19N3O2S/c1-24-16-10-6-5-9-15(16)22-18(23)13-11-12-7-3-4-8-14(12)20-17(13)21-19(22)25-2/h5-6,9-11H,3-4,7-8H2,1-2H3. The molecular weight excluding hydrogens is 334 g/mol. The second-order valence-corrected chi connectivity index (χ2v) is 6.86. The molecule has 0 spiro atoms. The van der Waals surface area contributed by atoms with Crippen molar-refractivity contribution in [3.8, 4) is 11.4 Å². The van der Waals surface area contributed by atoms with E-state index in [1.165, 1.54) is 17.3 Å². The van der Waals surface area contributed by atoms with Crippen LogP contribution in [0.3, 0.4) is 0 Å². The maximum Gasteiger partial charge on any atom is 0.268 e. The van der Waals surface area contributed by atoms with Gasteiger partial charge in [0.05, 0.1) is 18.2 Å². The largest absolute Gasteiger partial charge is 0.495 e. The summed E-state index contributed by atoms with van der Waals surface area (Å²) in [6.45, 7) is 0. The fraction of sp³-hybridized carbons (Fsp3) is 0.316. The first kappa shape index (κ1) is 16.1. The second-order valence-electron chi connectivity index (χ2n) is 6.08. The van der Waals surface area contributed by atoms with E-state index in [-0.39, 0.29) is 5.56 Å². The van der Waals surface area contributed by atoms with Crippen LogP contribution in [0.2, 0.25) is 0 Å². The van der Waals surface area contributed by atoms with Crippen molar-refractivity contribution in [2.24, 2.45) is 0 Å². The Hall–Kier alpha value is -2.34. The Morgan fingerprint density at radius 3 is 2.76 bits per heavy atom. The molecule has 0 fully saturated rings. The molecule has 0 aliphatic heterocycles. The van der Waals surface area contributed by atoms with Crippen molar-refractivity contribution in [3.05, 3.63) is 51.9 Å². The predicted molar refractivity (Wildman–Crippen MR) is 100 cm³/mol. The van der Waals surface area contributed by atoms with Crippen molar-refractivity contribution in [2.75, 3.05) is 13.4 Å². The average molecular weight is 353 g/mol. The summed E-state index contributed by atoms with van der Waals surface area (Å²) in [6, 6.07) is 9.49. The summed E-state index contributed by atoms with van der Waals surface area (Å²) < 4.78 is 7.07. The lowest BCUT2D eigenvalue weighted by molar-refractivity contribution is 0.411. The summed E-state index contributed by atoms with van der Waals surface area (Å²) in [6.07, 6.45) is 6.17. The Labute approximate surface area is 150 Å². The lowest BCUT2D eigenvalue weighted by atomic mass is 9.95. The number of thioether (sulfide) groups is 1. The number of nitrogens with zero attached hydrogens (tertiary/aromatic N) is 3. The van der Waals surface area contributed by atoms with Crippen molar-refractivity contribution in [1.29, 1.82) is 0 Å². The van der Waals surface area contributed by atoms with E-state index in [0.29, 0.717) is 27.6 Å². The molecular formula is C19H19N3O2S. The van der Waals surface area contributed by atoms with Crippen molar-refractivity contribution in [1.82, 2.24) is 14.5 Å². The zero-order valence-corrected chi connectivity index (χ0v) is 15.1. The highest BCUT2D eigenvalue weighted by Gasteiger charge is 2.19. The Balaban J connectivity index is 2.04. The van der Waals surface area contributed by atoms with Crippen LogP contribution in [0.4, 0.5) is 0 Å². The monoisotopic (exact) mass is 353 g/mol. The van der Waals surface area contributed by atoms with E-state index < -0.39 is 0 Å². The predicted octanol–water partition coefficient (Wildman–Crippen LogP) is 3.39. The SMILES string of the molecule is COc1ccccc1-n1c(SC)nc2nc3c(cc2c1=O)CCCC3. The van der Waals surface area contributed by atoms with Crippen molar-refractivity contribution in [3.63, 3.8) is 0 Å². The van der Waals surface area contributed by atoms with Gasteiger partial charge in [0, 0.05) is 5.69 Å². The minimum Gasteiger partial charge on any atom is -0.495 e. The summed E-state index contributed by atoms with van der Waals surface area (Å²) in [7, 11) is 1.61. The van der Waals surface area contributed by atoms with Gasteiger partial charge in [-0.15, -0.1) is 0 Å². The van der Waals surface area contributed by atoms with Crippen molar-refractivity contribution < 1.29 is 4.74 Å². The second kappa shape index (κ2) is 6.52. The molecule has 6 heteroatoms. The maximum atomic E-state index is 13.3. The lowest BCUT2D eigenvalue weighted by Gasteiger charge is -2.17. The van der Waals surface area contributed by atoms with Crippen LogP contribution in [0.25, 0.3) is 16.7 Å². The smallest absolute Gasteiger partial charge is 0.268 e. The van der Waals surface area contributed by atoms with Gasteiger partial charge in [0.25, 0.3) is 5.56 Å². The Morgan fingerprint density at radius 2 is 1.96 bits per heavy atom. The summed E-state index contributed by atoms with van der Waals surface area (Å²) >= 11 is 1.43. The van der Waals surface area contributed by atoms with Crippen molar-refractivity contribution in [2.45, 2.75) is 30.8 Å². The van der Waals surface area contributed by atoms with Crippen LogP contribution in [-0.2, 0) is 12.8 Å². The minimum absolute atomic E-state index is 0.0975. The van der Waals surface area contributed by atoms with Gasteiger partial charge >= 0.3 is 0 Å². The molecule has 0 atom stereocenters. The van der Waals surface area contributed by atoms with Crippen LogP contribution in [0.15, 0.2) is 40.3 Å². The van der Waals surface area contributed by atoms with E-state index in [1.807, 2.05) is 36.6 Å². The molecule has 1 aliphatic carbocycles. The number of aryl methyl sites for hydroxylation is 2. The minimum atomic E-state index is -0.0975. The van der Waals surface area contributed by atoms with Crippen molar-refractivity contribution >= 4 is 22.8 Å². The first-order chi connectivity index (χ1) is 12.2. The van der Waals surface area contributed by atoms with Gasteiger partial charge < -0.3 is 4.74 Å². The first-order valence-electron chi connectivity index (χ1n) is 8.36. The average Bonchev–Trinajstić information content (AvgIpc) is 2.66. The molecule has 0 saturated carbocycles. The molecule has 3 aromatic rings. The number of rotatable bonds is 3. The van der Waals surface area contributed by atoms with E-state index in [9.17, 15) is 4.79 Å². The molecule has 1 aromatic carbocycles. The van der Waals surface area contributed by atoms with Gasteiger partial charge in [-0.1, -0.05) is 23.9 Å². The van der Waals surface area contributed by atoms with E-state index >= 15 is 0 Å². The molecule has 2 heterocycles. The van der Waals surface area contributed by atoms with Crippen LogP contribution >= 0.6 is 11.8 Å². The Bertz CT molecular complexity index is 1010. The number of pyridine rings is 1. The third kappa shape index (κ3) is 2.70. The van der Waals surface area contributed by atoms with Crippen LogP contribution < -0.4 is 10.3 Å². The summed E-state index contributed by atoms with van der Waals surface area (Å²) in [5.74, 6) is 0.645. The molecule has 0 amide bonds. The lowest BCUT2D eigenvalue weighted by Crippen LogP contribution is -2.23. The summed E-state index contributed by atoms with van der Waals surface area (Å²) in [5.41, 5.74) is 3.42. The van der Waals surface area contributed by atoms with Gasteiger partial charge in [-0.25, -0.2) is 9.97 Å². The van der Waals surface area contributed by atoms with E-state index in [2.05, 4.69) is 4.98 Å². The number of ether oxygens (including phenoxy) is 1. The maximum absolute atomic E-state index is 13.3. The van der Waals surface area contributed by atoms with E-state index in [1.54, 1.807) is 11.7 Å². The summed E-state index contributed by atoms with van der Waals surface area (Å²) in [4.78, 5) is 22.6. The zero-order valence-electron chi connectivity index (χ0n) is 14.3. The molecule has 0 radical (unpaired) electrons. The molecule has 0 N–H and O–H groups in total. The normalized spacial score (nSPS) is 13.7.